The minimum atomic E-state index is -1.03. The Morgan fingerprint density at radius 1 is 1.21 bits per heavy atom. The molecular formula is C20H31N3O5. The summed E-state index contributed by atoms with van der Waals surface area (Å²) in [7, 11) is 1.51. The normalized spacial score (nSPS) is 37.1. The third kappa shape index (κ3) is 3.96. The number of carbonyl (C=O) groups is 2. The molecular weight excluding hydrogens is 362 g/mol. The second kappa shape index (κ2) is 6.60. The maximum Gasteiger partial charge on any atom is 0.408 e. The zero-order valence-corrected chi connectivity index (χ0v) is 17.1. The molecule has 4 aliphatic rings. The van der Waals surface area contributed by atoms with Gasteiger partial charge in [-0.1, -0.05) is 0 Å². The first-order chi connectivity index (χ1) is 12.8. The van der Waals surface area contributed by atoms with E-state index in [9.17, 15) is 19.8 Å². The van der Waals surface area contributed by atoms with Gasteiger partial charge in [0, 0.05) is 18.9 Å². The van der Waals surface area contributed by atoms with Crippen LogP contribution >= 0.6 is 0 Å². The van der Waals surface area contributed by atoms with E-state index in [1.54, 1.807) is 20.8 Å². The van der Waals surface area contributed by atoms with Gasteiger partial charge in [-0.25, -0.2) is 4.79 Å². The van der Waals surface area contributed by atoms with Crippen molar-refractivity contribution in [2.24, 2.45) is 11.3 Å². The Hall–Kier alpha value is -1.85. The number of hydrogen-bond acceptors (Lipinski definition) is 6. The Kier molecular flexibility index (Phi) is 4.92. The number of hydrogen-bond donors (Lipinski definition) is 3. The number of nitrogens with zero attached hydrogens (tertiary/aromatic N) is 2. The van der Waals surface area contributed by atoms with Crippen LogP contribution in [0.4, 0.5) is 4.79 Å². The maximum atomic E-state index is 13.2. The van der Waals surface area contributed by atoms with Gasteiger partial charge < -0.3 is 25.2 Å². The fraction of sp³-hybridized carbons (Fsp3) is 0.850. The maximum absolute atomic E-state index is 13.2. The minimum absolute atomic E-state index is 0.100. The van der Waals surface area contributed by atoms with E-state index in [-0.39, 0.29) is 12.5 Å². The monoisotopic (exact) mass is 393 g/mol. The summed E-state index contributed by atoms with van der Waals surface area (Å²) < 4.78 is 5.36. The average molecular weight is 393 g/mol. The van der Waals surface area contributed by atoms with Gasteiger partial charge >= 0.3 is 6.09 Å². The average Bonchev–Trinajstić information content (AvgIpc) is 2.46. The fourth-order valence-electron chi connectivity index (χ4n) is 6.04. The molecule has 0 heterocycles. The smallest absolute Gasteiger partial charge is 0.408 e. The number of alkyl carbamates (subject to hydrolysis) is 1. The number of likely N-dealkylation sites (N-methyl/N-ethyl adjacent to an activating group) is 1. The second-order valence-corrected chi connectivity index (χ2v) is 10.3. The van der Waals surface area contributed by atoms with Crippen LogP contribution in [0.2, 0.25) is 0 Å². The Balaban J connectivity index is 1.93. The van der Waals surface area contributed by atoms with Crippen LogP contribution in [0.25, 0.3) is 0 Å². The van der Waals surface area contributed by atoms with E-state index in [0.29, 0.717) is 38.5 Å². The molecule has 0 aliphatic heterocycles. The SMILES string of the molecule is CN(CC#N)C(=O)[C@@H](NC(=O)OC(C)(C)C)C12CC3CC(O)(CC(O)(C3)C1)C2. The van der Waals surface area contributed by atoms with E-state index >= 15 is 0 Å². The number of nitrogens with one attached hydrogen (secondary N) is 1. The van der Waals surface area contributed by atoms with Gasteiger partial charge in [0.1, 0.15) is 18.2 Å². The first kappa shape index (κ1) is 20.9. The van der Waals surface area contributed by atoms with E-state index in [1.807, 2.05) is 6.07 Å². The van der Waals surface area contributed by atoms with E-state index in [4.69, 9.17) is 10.00 Å². The van der Waals surface area contributed by atoms with E-state index in [1.165, 1.54) is 11.9 Å². The van der Waals surface area contributed by atoms with Gasteiger partial charge in [0.2, 0.25) is 5.91 Å². The summed E-state index contributed by atoms with van der Waals surface area (Å²) in [4.78, 5) is 27.0. The van der Waals surface area contributed by atoms with Crippen molar-refractivity contribution in [3.63, 3.8) is 0 Å². The molecule has 8 heteroatoms. The highest BCUT2D eigenvalue weighted by Gasteiger charge is 2.66. The molecule has 0 aromatic carbocycles. The van der Waals surface area contributed by atoms with Crippen molar-refractivity contribution in [3.8, 4) is 6.07 Å². The molecule has 4 bridgehead atoms. The van der Waals surface area contributed by atoms with Gasteiger partial charge in [0.05, 0.1) is 17.3 Å². The van der Waals surface area contributed by atoms with Crippen molar-refractivity contribution in [3.05, 3.63) is 0 Å². The molecule has 3 N–H and O–H groups in total. The first-order valence-corrected chi connectivity index (χ1v) is 9.85. The molecule has 0 radical (unpaired) electrons. The lowest BCUT2D eigenvalue weighted by Crippen LogP contribution is -2.70. The number of ether oxygens (including phenoxy) is 1. The van der Waals surface area contributed by atoms with Crippen LogP contribution < -0.4 is 5.32 Å². The molecule has 4 rings (SSSR count). The lowest BCUT2D eigenvalue weighted by Gasteiger charge is -2.64. The zero-order chi connectivity index (χ0) is 21.0. The van der Waals surface area contributed by atoms with Gasteiger partial charge in [-0.2, -0.15) is 5.26 Å². The van der Waals surface area contributed by atoms with Crippen LogP contribution in [0.1, 0.15) is 59.3 Å². The lowest BCUT2D eigenvalue weighted by molar-refractivity contribution is -0.236. The standard InChI is InChI=1S/C20H31N3O5/c1-17(2,3)28-16(25)22-14(15(24)23(4)6-5-21)18-7-13-8-19(26,10-18)12-20(27,9-13)11-18/h13-14,26-27H,6-12H2,1-4H3,(H,22,25)/t13?,14-,18?,19?,20?/m1/s1. The number of rotatable bonds is 4. The molecule has 4 saturated carbocycles. The topological polar surface area (TPSA) is 123 Å². The molecule has 4 aliphatic carbocycles. The van der Waals surface area contributed by atoms with Crippen molar-refractivity contribution in [2.75, 3.05) is 13.6 Å². The minimum Gasteiger partial charge on any atom is -0.444 e. The summed E-state index contributed by atoms with van der Waals surface area (Å²) in [5.41, 5.74) is -3.55. The predicted molar refractivity (Wildman–Crippen MR) is 99.9 cm³/mol. The van der Waals surface area contributed by atoms with Crippen LogP contribution in [0.15, 0.2) is 0 Å². The van der Waals surface area contributed by atoms with Crippen LogP contribution in [-0.2, 0) is 9.53 Å². The number of amides is 2. The molecule has 8 nitrogen and oxygen atoms in total. The molecule has 0 aromatic heterocycles. The third-order valence-corrected chi connectivity index (χ3v) is 6.26. The van der Waals surface area contributed by atoms with Crippen molar-refractivity contribution < 1.29 is 24.5 Å². The van der Waals surface area contributed by atoms with E-state index in [0.717, 1.165) is 0 Å². The van der Waals surface area contributed by atoms with E-state index in [2.05, 4.69) is 5.32 Å². The summed E-state index contributed by atoms with van der Waals surface area (Å²) >= 11 is 0. The van der Waals surface area contributed by atoms with Crippen LogP contribution in [0, 0.1) is 22.7 Å². The van der Waals surface area contributed by atoms with Crippen molar-refractivity contribution in [1.82, 2.24) is 10.2 Å². The Morgan fingerprint density at radius 3 is 2.25 bits per heavy atom. The molecule has 0 aromatic rings. The Morgan fingerprint density at radius 2 is 1.79 bits per heavy atom. The summed E-state index contributed by atoms with van der Waals surface area (Å²) in [5.74, 6) is -0.301. The summed E-state index contributed by atoms with van der Waals surface area (Å²) in [6.45, 7) is 5.10. The number of aliphatic hydroxyl groups is 2. The molecule has 2 amide bonds. The summed E-state index contributed by atoms with van der Waals surface area (Å²) in [6.07, 6.45) is 2.13. The van der Waals surface area contributed by atoms with Gasteiger partial charge in [0.25, 0.3) is 0 Å². The van der Waals surface area contributed by atoms with Crippen LogP contribution in [-0.4, -0.2) is 63.6 Å². The fourth-order valence-corrected chi connectivity index (χ4v) is 6.04. The van der Waals surface area contributed by atoms with E-state index < -0.39 is 40.3 Å². The van der Waals surface area contributed by atoms with Crippen molar-refractivity contribution in [2.45, 2.75) is 82.1 Å². The van der Waals surface area contributed by atoms with Crippen molar-refractivity contribution in [1.29, 1.82) is 5.26 Å². The van der Waals surface area contributed by atoms with Crippen LogP contribution in [0.5, 0.6) is 0 Å². The molecule has 0 spiro atoms. The zero-order valence-electron chi connectivity index (χ0n) is 17.1. The molecule has 3 atom stereocenters. The van der Waals surface area contributed by atoms with Gasteiger partial charge in [-0.05, 0) is 58.8 Å². The molecule has 28 heavy (non-hydrogen) atoms. The predicted octanol–water partition coefficient (Wildman–Crippen LogP) is 1.31. The number of carbonyl (C=O) groups excluding carboxylic acids is 2. The highest BCUT2D eigenvalue weighted by atomic mass is 16.6. The van der Waals surface area contributed by atoms with Crippen molar-refractivity contribution >= 4 is 12.0 Å². The highest BCUT2D eigenvalue weighted by molar-refractivity contribution is 5.87. The largest absolute Gasteiger partial charge is 0.444 e. The van der Waals surface area contributed by atoms with Gasteiger partial charge in [-0.15, -0.1) is 0 Å². The Bertz CT molecular complexity index is 692. The van der Waals surface area contributed by atoms with Crippen LogP contribution in [0.3, 0.4) is 0 Å². The van der Waals surface area contributed by atoms with Gasteiger partial charge in [0.15, 0.2) is 0 Å². The Labute approximate surface area is 165 Å². The third-order valence-electron chi connectivity index (χ3n) is 6.26. The number of nitriles is 1. The molecule has 2 unspecified atom stereocenters. The van der Waals surface area contributed by atoms with Gasteiger partial charge in [-0.3, -0.25) is 4.79 Å². The summed E-state index contributed by atoms with van der Waals surface area (Å²) in [6, 6.07) is 0.976. The molecule has 156 valence electrons. The summed E-state index contributed by atoms with van der Waals surface area (Å²) in [5, 5.41) is 33.8. The second-order valence-electron chi connectivity index (χ2n) is 10.3. The highest BCUT2D eigenvalue weighted by Crippen LogP contribution is 2.64. The quantitative estimate of drug-likeness (QED) is 0.619. The molecule has 4 fully saturated rings. The molecule has 0 saturated heterocycles. The lowest BCUT2D eigenvalue weighted by atomic mass is 9.44. The first-order valence-electron chi connectivity index (χ1n) is 9.85.